The first-order valence-electron chi connectivity index (χ1n) is 6.36. The molecule has 0 spiro atoms. The van der Waals surface area contributed by atoms with E-state index in [1.54, 1.807) is 6.92 Å². The van der Waals surface area contributed by atoms with Crippen LogP contribution in [-0.2, 0) is 16.1 Å². The number of carbonyl (C=O) groups excluding carboxylic acids is 1. The van der Waals surface area contributed by atoms with E-state index in [9.17, 15) is 9.59 Å². The summed E-state index contributed by atoms with van der Waals surface area (Å²) in [7, 11) is 0. The molecule has 0 bridgehead atoms. The molecule has 1 atom stereocenters. The van der Waals surface area contributed by atoms with Crippen LogP contribution in [0.25, 0.3) is 0 Å². The predicted octanol–water partition coefficient (Wildman–Crippen LogP) is 1.70. The minimum absolute atomic E-state index is 0.109. The maximum Gasteiger partial charge on any atom is 0.320 e. The molecule has 6 heteroatoms. The Labute approximate surface area is 132 Å². The third kappa shape index (κ3) is 5.87. The fraction of sp³-hybridized carbons (Fsp3) is 0.429. The fourth-order valence-corrected chi connectivity index (χ4v) is 2.13. The minimum Gasteiger partial charge on any atom is -0.480 e. The summed E-state index contributed by atoms with van der Waals surface area (Å²) in [6.45, 7) is 4.59. The van der Waals surface area contributed by atoms with Crippen molar-refractivity contribution in [3.05, 3.63) is 33.4 Å². The number of hydrogen-bond acceptors (Lipinski definition) is 3. The molecule has 1 unspecified atom stereocenters. The van der Waals surface area contributed by atoms with Crippen LogP contribution in [0.2, 0.25) is 0 Å². The summed E-state index contributed by atoms with van der Waals surface area (Å²) >= 11 is 2.23. The molecule has 1 aromatic carbocycles. The Morgan fingerprint density at radius 1 is 1.35 bits per heavy atom. The highest BCUT2D eigenvalue weighted by Gasteiger charge is 2.20. The highest BCUT2D eigenvalue weighted by Crippen LogP contribution is 2.11. The maximum atomic E-state index is 11.2. The summed E-state index contributed by atoms with van der Waals surface area (Å²) in [6.07, 6.45) is 0. The Morgan fingerprint density at radius 3 is 2.45 bits per heavy atom. The number of nitrogens with zero attached hydrogens (tertiary/aromatic N) is 1. The second-order valence-electron chi connectivity index (χ2n) is 4.59. The van der Waals surface area contributed by atoms with Crippen molar-refractivity contribution in [3.8, 4) is 0 Å². The fourth-order valence-electron chi connectivity index (χ4n) is 1.77. The minimum atomic E-state index is -0.863. The van der Waals surface area contributed by atoms with Crippen LogP contribution in [0.3, 0.4) is 0 Å². The molecule has 1 aromatic rings. The van der Waals surface area contributed by atoms with Gasteiger partial charge in [0.25, 0.3) is 0 Å². The third-order valence-electron chi connectivity index (χ3n) is 2.98. The first kappa shape index (κ1) is 16.9. The quantitative estimate of drug-likeness (QED) is 0.696. The van der Waals surface area contributed by atoms with Crippen LogP contribution in [0, 0.1) is 3.57 Å². The van der Waals surface area contributed by atoms with Gasteiger partial charge in [0.05, 0.1) is 0 Å². The lowest BCUT2D eigenvalue weighted by Crippen LogP contribution is -2.42. The molecule has 0 aromatic heterocycles. The molecule has 0 saturated heterocycles. The summed E-state index contributed by atoms with van der Waals surface area (Å²) in [4.78, 5) is 23.9. The molecule has 1 amide bonds. The number of carboxylic acid groups (broad SMARTS) is 1. The smallest absolute Gasteiger partial charge is 0.320 e. The van der Waals surface area contributed by atoms with Crippen molar-refractivity contribution in [2.75, 3.05) is 13.1 Å². The number of rotatable bonds is 7. The van der Waals surface area contributed by atoms with Crippen molar-refractivity contribution in [2.24, 2.45) is 0 Å². The molecule has 1 rings (SSSR count). The molecule has 0 aliphatic carbocycles. The van der Waals surface area contributed by atoms with Crippen molar-refractivity contribution in [2.45, 2.75) is 26.4 Å². The summed E-state index contributed by atoms with van der Waals surface area (Å²) in [5, 5.41) is 11.8. The van der Waals surface area contributed by atoms with E-state index in [1.807, 2.05) is 29.2 Å². The molecule has 2 N–H and O–H groups in total. The molecule has 0 fully saturated rings. The summed E-state index contributed by atoms with van der Waals surface area (Å²) in [6, 6.07) is 7.37. The molecular formula is C14H19IN2O3. The maximum absolute atomic E-state index is 11.2. The first-order valence-corrected chi connectivity index (χ1v) is 7.43. The van der Waals surface area contributed by atoms with Gasteiger partial charge in [-0.05, 0) is 47.2 Å². The number of nitrogens with one attached hydrogen (secondary N) is 1. The van der Waals surface area contributed by atoms with Crippen LogP contribution in [0.15, 0.2) is 24.3 Å². The van der Waals surface area contributed by atoms with Gasteiger partial charge >= 0.3 is 5.97 Å². The number of benzene rings is 1. The second kappa shape index (κ2) is 8.21. The standard InChI is InChI=1S/C14H19IN2O3/c1-10(14(19)20)17(8-7-16-11(2)18)9-12-3-5-13(15)6-4-12/h3-6,10H,7-9H2,1-2H3,(H,16,18)(H,19,20). The van der Waals surface area contributed by atoms with Crippen LogP contribution < -0.4 is 5.32 Å². The van der Waals surface area contributed by atoms with E-state index in [4.69, 9.17) is 5.11 Å². The van der Waals surface area contributed by atoms with E-state index in [2.05, 4.69) is 27.9 Å². The average Bonchev–Trinajstić information content (AvgIpc) is 2.38. The molecular weight excluding hydrogens is 371 g/mol. The van der Waals surface area contributed by atoms with Gasteiger partial charge < -0.3 is 10.4 Å². The largest absolute Gasteiger partial charge is 0.480 e. The van der Waals surface area contributed by atoms with E-state index < -0.39 is 12.0 Å². The Hall–Kier alpha value is -1.15. The van der Waals surface area contributed by atoms with Gasteiger partial charge in [-0.3, -0.25) is 14.5 Å². The number of hydrogen-bond donors (Lipinski definition) is 2. The van der Waals surface area contributed by atoms with Crippen LogP contribution in [0.4, 0.5) is 0 Å². The second-order valence-corrected chi connectivity index (χ2v) is 5.84. The number of amides is 1. The SMILES string of the molecule is CC(=O)NCCN(Cc1ccc(I)cc1)C(C)C(=O)O. The number of carboxylic acids is 1. The van der Waals surface area contributed by atoms with Gasteiger partial charge in [-0.2, -0.15) is 0 Å². The normalized spacial score (nSPS) is 12.2. The topological polar surface area (TPSA) is 69.6 Å². The van der Waals surface area contributed by atoms with E-state index >= 15 is 0 Å². The monoisotopic (exact) mass is 390 g/mol. The van der Waals surface area contributed by atoms with Gasteiger partial charge in [0, 0.05) is 30.1 Å². The first-order chi connectivity index (χ1) is 9.40. The Bertz CT molecular complexity index is 462. The average molecular weight is 390 g/mol. The van der Waals surface area contributed by atoms with Crippen LogP contribution in [0.1, 0.15) is 19.4 Å². The van der Waals surface area contributed by atoms with E-state index in [0.717, 1.165) is 9.13 Å². The molecule has 5 nitrogen and oxygen atoms in total. The summed E-state index contributed by atoms with van der Waals surface area (Å²) < 4.78 is 1.14. The predicted molar refractivity (Wildman–Crippen MR) is 85.4 cm³/mol. The highest BCUT2D eigenvalue weighted by atomic mass is 127. The van der Waals surface area contributed by atoms with Crippen molar-refractivity contribution >= 4 is 34.5 Å². The van der Waals surface area contributed by atoms with Crippen molar-refractivity contribution in [3.63, 3.8) is 0 Å². The van der Waals surface area contributed by atoms with Crippen LogP contribution in [0.5, 0.6) is 0 Å². The molecule has 0 radical (unpaired) electrons. The van der Waals surface area contributed by atoms with Crippen LogP contribution in [-0.4, -0.2) is 41.0 Å². The molecule has 0 saturated carbocycles. The zero-order chi connectivity index (χ0) is 15.1. The van der Waals surface area contributed by atoms with Crippen LogP contribution >= 0.6 is 22.6 Å². The summed E-state index contributed by atoms with van der Waals surface area (Å²) in [5.41, 5.74) is 1.06. The molecule has 110 valence electrons. The lowest BCUT2D eigenvalue weighted by atomic mass is 10.2. The number of aliphatic carboxylic acids is 1. The molecule has 0 aliphatic rings. The van der Waals surface area contributed by atoms with Gasteiger partial charge in [0.2, 0.25) is 5.91 Å². The third-order valence-corrected chi connectivity index (χ3v) is 3.70. The lowest BCUT2D eigenvalue weighted by molar-refractivity contribution is -0.142. The van der Waals surface area contributed by atoms with E-state index in [1.165, 1.54) is 6.92 Å². The highest BCUT2D eigenvalue weighted by molar-refractivity contribution is 14.1. The van der Waals surface area contributed by atoms with Gasteiger partial charge in [0.15, 0.2) is 0 Å². The zero-order valence-corrected chi connectivity index (χ0v) is 13.8. The molecule has 20 heavy (non-hydrogen) atoms. The van der Waals surface area contributed by atoms with Crippen molar-refractivity contribution in [1.82, 2.24) is 10.2 Å². The van der Waals surface area contributed by atoms with E-state index in [-0.39, 0.29) is 5.91 Å². The zero-order valence-electron chi connectivity index (χ0n) is 11.6. The van der Waals surface area contributed by atoms with Crippen molar-refractivity contribution < 1.29 is 14.7 Å². The Balaban J connectivity index is 2.68. The van der Waals surface area contributed by atoms with Gasteiger partial charge in [-0.1, -0.05) is 12.1 Å². The van der Waals surface area contributed by atoms with Gasteiger partial charge in [-0.25, -0.2) is 0 Å². The molecule has 0 aliphatic heterocycles. The van der Waals surface area contributed by atoms with Gasteiger partial charge in [0.1, 0.15) is 6.04 Å². The Morgan fingerprint density at radius 2 is 1.95 bits per heavy atom. The summed E-state index contributed by atoms with van der Waals surface area (Å²) in [5.74, 6) is -0.972. The number of halogens is 1. The van der Waals surface area contributed by atoms with Gasteiger partial charge in [-0.15, -0.1) is 0 Å². The molecule has 0 heterocycles. The van der Waals surface area contributed by atoms with E-state index in [0.29, 0.717) is 19.6 Å². The Kier molecular flexibility index (Phi) is 6.94. The number of carbonyl (C=O) groups is 2. The lowest BCUT2D eigenvalue weighted by Gasteiger charge is -2.26. The van der Waals surface area contributed by atoms with Crippen molar-refractivity contribution in [1.29, 1.82) is 0 Å².